The molecule has 0 bridgehead atoms. The number of non-ortho nitro benzene ring substituents is 1. The van der Waals surface area contributed by atoms with Crippen LogP contribution >= 0.6 is 0 Å². The van der Waals surface area contributed by atoms with E-state index in [0.29, 0.717) is 26.2 Å². The van der Waals surface area contributed by atoms with Gasteiger partial charge in [0.1, 0.15) is 5.75 Å². The molecular weight excluding hydrogens is 358 g/mol. The van der Waals surface area contributed by atoms with Crippen molar-refractivity contribution in [3.8, 4) is 5.75 Å². The van der Waals surface area contributed by atoms with Crippen LogP contribution < -0.4 is 9.64 Å². The minimum absolute atomic E-state index is 0.0675. The van der Waals surface area contributed by atoms with Gasteiger partial charge in [-0.2, -0.15) is 4.31 Å². The third-order valence-corrected chi connectivity index (χ3v) is 6.26. The number of ether oxygens (including phenoxy) is 1. The van der Waals surface area contributed by atoms with Crippen molar-refractivity contribution in [3.05, 3.63) is 58.6 Å². The molecule has 3 rings (SSSR count). The molecular formula is C17H19N3O5S. The summed E-state index contributed by atoms with van der Waals surface area (Å²) in [4.78, 5) is 12.3. The smallest absolute Gasteiger partial charge is 0.269 e. The fourth-order valence-electron chi connectivity index (χ4n) is 2.88. The average molecular weight is 377 g/mol. The average Bonchev–Trinajstić information content (AvgIpc) is 2.68. The van der Waals surface area contributed by atoms with Crippen LogP contribution in [0.5, 0.6) is 5.75 Å². The highest BCUT2D eigenvalue weighted by Gasteiger charge is 2.29. The summed E-state index contributed by atoms with van der Waals surface area (Å²) >= 11 is 0. The Balaban J connectivity index is 1.71. The van der Waals surface area contributed by atoms with E-state index in [-0.39, 0.29) is 10.6 Å². The second-order valence-electron chi connectivity index (χ2n) is 5.84. The van der Waals surface area contributed by atoms with Crippen LogP contribution in [0.15, 0.2) is 53.4 Å². The number of methoxy groups -OCH3 is 1. The normalized spacial score (nSPS) is 15.7. The predicted molar refractivity (Wildman–Crippen MR) is 97.1 cm³/mol. The monoisotopic (exact) mass is 377 g/mol. The van der Waals surface area contributed by atoms with Gasteiger partial charge in [-0.15, -0.1) is 0 Å². The van der Waals surface area contributed by atoms with Crippen LogP contribution in [0, 0.1) is 10.1 Å². The topological polar surface area (TPSA) is 93.0 Å². The molecule has 0 amide bonds. The van der Waals surface area contributed by atoms with Crippen LogP contribution in [-0.2, 0) is 10.0 Å². The van der Waals surface area contributed by atoms with Crippen molar-refractivity contribution in [1.82, 2.24) is 4.31 Å². The van der Waals surface area contributed by atoms with Crippen LogP contribution in [0.3, 0.4) is 0 Å². The lowest BCUT2D eigenvalue weighted by atomic mass is 10.2. The lowest BCUT2D eigenvalue weighted by Gasteiger charge is -2.35. The molecule has 1 aliphatic heterocycles. The van der Waals surface area contributed by atoms with Gasteiger partial charge in [-0.1, -0.05) is 6.07 Å². The van der Waals surface area contributed by atoms with E-state index in [0.717, 1.165) is 11.4 Å². The number of anilines is 1. The van der Waals surface area contributed by atoms with Gasteiger partial charge in [-0.3, -0.25) is 10.1 Å². The number of hydrogen-bond donors (Lipinski definition) is 0. The van der Waals surface area contributed by atoms with Gasteiger partial charge >= 0.3 is 0 Å². The summed E-state index contributed by atoms with van der Waals surface area (Å²) < 4.78 is 32.1. The molecule has 8 nitrogen and oxygen atoms in total. The maximum atomic E-state index is 12.7. The summed E-state index contributed by atoms with van der Waals surface area (Å²) in [5.74, 6) is 0.753. The third kappa shape index (κ3) is 3.63. The fraction of sp³-hybridized carbons (Fsp3) is 0.294. The Morgan fingerprint density at radius 3 is 2.27 bits per heavy atom. The molecule has 0 aliphatic carbocycles. The third-order valence-electron chi connectivity index (χ3n) is 4.34. The lowest BCUT2D eigenvalue weighted by Crippen LogP contribution is -2.48. The van der Waals surface area contributed by atoms with Crippen LogP contribution in [0.25, 0.3) is 0 Å². The second kappa shape index (κ2) is 7.30. The second-order valence-corrected chi connectivity index (χ2v) is 7.78. The summed E-state index contributed by atoms with van der Waals surface area (Å²) in [7, 11) is -2.06. The molecule has 0 atom stereocenters. The number of hydrogen-bond acceptors (Lipinski definition) is 6. The first kappa shape index (κ1) is 18.2. The number of benzene rings is 2. The first-order valence-electron chi connectivity index (χ1n) is 8.05. The van der Waals surface area contributed by atoms with E-state index in [1.165, 1.54) is 28.6 Å². The van der Waals surface area contributed by atoms with Gasteiger partial charge in [0.25, 0.3) is 5.69 Å². The summed E-state index contributed by atoms with van der Waals surface area (Å²) in [5.41, 5.74) is 0.850. The molecule has 1 heterocycles. The zero-order valence-electron chi connectivity index (χ0n) is 14.2. The van der Waals surface area contributed by atoms with Crippen molar-refractivity contribution in [3.63, 3.8) is 0 Å². The van der Waals surface area contributed by atoms with E-state index in [1.807, 2.05) is 24.3 Å². The standard InChI is InChI=1S/C17H19N3O5S/c1-25-16-4-2-3-15(13-16)18-9-11-19(12-10-18)26(23,24)17-7-5-14(6-8-17)20(21)22/h2-8,13H,9-12H2,1H3. The van der Waals surface area contributed by atoms with Crippen molar-refractivity contribution in [1.29, 1.82) is 0 Å². The van der Waals surface area contributed by atoms with E-state index < -0.39 is 14.9 Å². The number of nitrogens with zero attached hydrogens (tertiary/aromatic N) is 3. The maximum Gasteiger partial charge on any atom is 0.269 e. The molecule has 0 N–H and O–H groups in total. The number of sulfonamides is 1. The predicted octanol–water partition coefficient (Wildman–Crippen LogP) is 2.11. The SMILES string of the molecule is COc1cccc(N2CCN(S(=O)(=O)c3ccc([N+](=O)[O-])cc3)CC2)c1. The molecule has 2 aromatic rings. The van der Waals surface area contributed by atoms with Crippen molar-refractivity contribution in [2.75, 3.05) is 38.2 Å². The number of nitro benzene ring substituents is 1. The Bertz CT molecular complexity index is 891. The Hall–Kier alpha value is -2.65. The quantitative estimate of drug-likeness (QED) is 0.585. The van der Waals surface area contributed by atoms with Gasteiger partial charge in [0.15, 0.2) is 0 Å². The lowest BCUT2D eigenvalue weighted by molar-refractivity contribution is -0.384. The molecule has 1 saturated heterocycles. The van der Waals surface area contributed by atoms with Crippen LogP contribution in [0.4, 0.5) is 11.4 Å². The molecule has 26 heavy (non-hydrogen) atoms. The molecule has 0 aromatic heterocycles. The zero-order valence-corrected chi connectivity index (χ0v) is 15.1. The molecule has 0 radical (unpaired) electrons. The van der Waals surface area contributed by atoms with Gasteiger partial charge < -0.3 is 9.64 Å². The van der Waals surface area contributed by atoms with Gasteiger partial charge in [0, 0.05) is 50.1 Å². The van der Waals surface area contributed by atoms with E-state index in [4.69, 9.17) is 4.74 Å². The maximum absolute atomic E-state index is 12.7. The van der Waals surface area contributed by atoms with Crippen molar-refractivity contribution in [2.24, 2.45) is 0 Å². The minimum Gasteiger partial charge on any atom is -0.497 e. The Morgan fingerprint density at radius 1 is 1.04 bits per heavy atom. The largest absolute Gasteiger partial charge is 0.497 e. The summed E-state index contributed by atoms with van der Waals surface area (Å²) in [6, 6.07) is 12.6. The van der Waals surface area contributed by atoms with E-state index in [1.54, 1.807) is 7.11 Å². The van der Waals surface area contributed by atoms with Gasteiger partial charge in [0.05, 0.1) is 16.9 Å². The van der Waals surface area contributed by atoms with Crippen LogP contribution in [-0.4, -0.2) is 50.9 Å². The summed E-state index contributed by atoms with van der Waals surface area (Å²) in [6.07, 6.45) is 0. The highest BCUT2D eigenvalue weighted by molar-refractivity contribution is 7.89. The molecule has 1 fully saturated rings. The van der Waals surface area contributed by atoms with Gasteiger partial charge in [-0.25, -0.2) is 8.42 Å². The van der Waals surface area contributed by atoms with Gasteiger partial charge in [0.2, 0.25) is 10.0 Å². The molecule has 0 spiro atoms. The van der Waals surface area contributed by atoms with Crippen molar-refractivity contribution in [2.45, 2.75) is 4.90 Å². The zero-order chi connectivity index (χ0) is 18.7. The minimum atomic E-state index is -3.66. The first-order valence-corrected chi connectivity index (χ1v) is 9.49. The molecule has 0 saturated carbocycles. The Morgan fingerprint density at radius 2 is 1.69 bits per heavy atom. The molecule has 1 aliphatic rings. The summed E-state index contributed by atoms with van der Waals surface area (Å²) in [5, 5.41) is 10.7. The number of piperazine rings is 1. The highest BCUT2D eigenvalue weighted by atomic mass is 32.2. The Labute approximate surface area is 151 Å². The summed E-state index contributed by atoms with van der Waals surface area (Å²) in [6.45, 7) is 1.80. The molecule has 2 aromatic carbocycles. The van der Waals surface area contributed by atoms with Crippen LogP contribution in [0.2, 0.25) is 0 Å². The number of rotatable bonds is 5. The van der Waals surface area contributed by atoms with E-state index in [2.05, 4.69) is 4.90 Å². The van der Waals surface area contributed by atoms with Crippen molar-refractivity contribution < 1.29 is 18.1 Å². The van der Waals surface area contributed by atoms with E-state index in [9.17, 15) is 18.5 Å². The van der Waals surface area contributed by atoms with Crippen molar-refractivity contribution >= 4 is 21.4 Å². The van der Waals surface area contributed by atoms with E-state index >= 15 is 0 Å². The molecule has 138 valence electrons. The highest BCUT2D eigenvalue weighted by Crippen LogP contribution is 2.25. The van der Waals surface area contributed by atoms with Gasteiger partial charge in [-0.05, 0) is 24.3 Å². The number of nitro groups is 1. The van der Waals surface area contributed by atoms with Crippen LogP contribution in [0.1, 0.15) is 0 Å². The molecule has 0 unspecified atom stereocenters. The Kier molecular flexibility index (Phi) is 5.10. The first-order chi connectivity index (χ1) is 12.4. The molecule has 9 heteroatoms. The fourth-order valence-corrected chi connectivity index (χ4v) is 4.30.